The van der Waals surface area contributed by atoms with Gasteiger partial charge in [0.2, 0.25) is 4.90 Å². The maximum absolute atomic E-state index is 13.9. The minimum absolute atomic E-state index is 0.0667. The van der Waals surface area contributed by atoms with Crippen LogP contribution >= 0.6 is 0 Å². The summed E-state index contributed by atoms with van der Waals surface area (Å²) in [5.41, 5.74) is 12.7. The zero-order valence-electron chi connectivity index (χ0n) is 23.6. The number of fused-ring (bicyclic) bond motifs is 3. The van der Waals surface area contributed by atoms with E-state index in [0.29, 0.717) is 24.8 Å². The molecule has 1 aliphatic carbocycles. The monoisotopic (exact) mass is 574 g/mol. The van der Waals surface area contributed by atoms with E-state index in [1.165, 1.54) is 0 Å². The van der Waals surface area contributed by atoms with Crippen LogP contribution < -0.4 is 21.5 Å². The molecule has 0 radical (unpaired) electrons. The van der Waals surface area contributed by atoms with Crippen LogP contribution in [0.2, 0.25) is 0 Å². The van der Waals surface area contributed by atoms with Gasteiger partial charge in [-0.25, -0.2) is 10.8 Å². The van der Waals surface area contributed by atoms with Gasteiger partial charge in [-0.2, -0.15) is 0 Å². The molecule has 216 valence electrons. The normalized spacial score (nSPS) is 21.2. The summed E-state index contributed by atoms with van der Waals surface area (Å²) in [6, 6.07) is 14.4. The van der Waals surface area contributed by atoms with E-state index >= 15 is 0 Å². The van der Waals surface area contributed by atoms with Gasteiger partial charge in [0.15, 0.2) is 5.82 Å². The van der Waals surface area contributed by atoms with Gasteiger partial charge >= 0.3 is 5.97 Å². The average Bonchev–Trinajstić information content (AvgIpc) is 3.73. The lowest BCUT2D eigenvalue weighted by atomic mass is 9.84. The van der Waals surface area contributed by atoms with Gasteiger partial charge in [0.25, 0.3) is 0 Å². The SMILES string of the molecule is Cc1ccc(C(CC(=O)O)c2ccc(N(N)C3CC3)c(N)c2C)cc1CN1CC2CCCN2c2ncccc2[S+]1[O-]. The predicted octanol–water partition coefficient (Wildman–Crippen LogP) is 4.24. The number of aromatic nitrogens is 1. The molecular formula is C31H38N6O3S. The van der Waals surface area contributed by atoms with Crippen LogP contribution in [0.1, 0.15) is 65.8 Å². The molecule has 3 aromatic rings. The maximum atomic E-state index is 13.9. The first-order chi connectivity index (χ1) is 19.7. The number of aryl methyl sites for hydroxylation is 1. The lowest BCUT2D eigenvalue weighted by Crippen LogP contribution is -2.39. The summed E-state index contributed by atoms with van der Waals surface area (Å²) in [5, 5.41) is 11.6. The number of nitrogens with two attached hydrogens (primary N) is 2. The number of aliphatic carboxylic acids is 1. The smallest absolute Gasteiger partial charge is 0.304 e. The number of rotatable bonds is 8. The fourth-order valence-electron chi connectivity index (χ4n) is 6.34. The fraction of sp³-hybridized carbons (Fsp3) is 0.419. The van der Waals surface area contributed by atoms with Gasteiger partial charge in [-0.15, -0.1) is 4.31 Å². The third-order valence-corrected chi connectivity index (χ3v) is 10.3. The number of hydrogen-bond acceptors (Lipinski definition) is 8. The highest BCUT2D eigenvalue weighted by Crippen LogP contribution is 2.40. The molecule has 2 aliphatic heterocycles. The highest BCUT2D eigenvalue weighted by molar-refractivity contribution is 7.89. The molecule has 5 N–H and O–H groups in total. The van der Waals surface area contributed by atoms with E-state index in [-0.39, 0.29) is 18.4 Å². The fourth-order valence-corrected chi connectivity index (χ4v) is 7.70. The van der Waals surface area contributed by atoms with Gasteiger partial charge in [0.1, 0.15) is 0 Å². The van der Waals surface area contributed by atoms with E-state index in [2.05, 4.69) is 22.9 Å². The highest BCUT2D eigenvalue weighted by atomic mass is 32.2. The van der Waals surface area contributed by atoms with Crippen molar-refractivity contribution in [3.8, 4) is 0 Å². The standard InChI is InChI=1S/C31H38N6O3S/c1-19-7-8-21(26(16-29(38)39)25-11-12-27(30(32)20(25)2)37(33)23-9-10-23)15-22(19)17-35-18-24-5-4-14-36(24)31-28(41(35)40)6-3-13-34-31/h3,6-8,11-13,15,23-24,26H,4-5,9-10,14,16-18,32-33H2,1-2H3,(H,38,39). The number of hydrogen-bond donors (Lipinski definition) is 3. The summed E-state index contributed by atoms with van der Waals surface area (Å²) in [7, 11) is 0. The lowest BCUT2D eigenvalue weighted by molar-refractivity contribution is -0.137. The minimum atomic E-state index is -1.36. The average molecular weight is 575 g/mol. The van der Waals surface area contributed by atoms with E-state index in [1.807, 2.05) is 47.6 Å². The zero-order chi connectivity index (χ0) is 28.8. The summed E-state index contributed by atoms with van der Waals surface area (Å²) >= 11 is -1.36. The topological polar surface area (TPSA) is 135 Å². The number of hydrazine groups is 1. The van der Waals surface area contributed by atoms with E-state index < -0.39 is 17.3 Å². The Kier molecular flexibility index (Phi) is 7.58. The number of nitrogens with zero attached hydrogens (tertiary/aromatic N) is 4. The molecule has 1 aromatic heterocycles. The minimum Gasteiger partial charge on any atom is -0.593 e. The molecule has 2 fully saturated rings. The van der Waals surface area contributed by atoms with Gasteiger partial charge in [0.05, 0.1) is 42.2 Å². The summed E-state index contributed by atoms with van der Waals surface area (Å²) < 4.78 is 15.9. The van der Waals surface area contributed by atoms with Crippen LogP contribution in [0.4, 0.5) is 17.2 Å². The first-order valence-corrected chi connectivity index (χ1v) is 15.5. The van der Waals surface area contributed by atoms with Crippen molar-refractivity contribution in [3.63, 3.8) is 0 Å². The third kappa shape index (κ3) is 5.37. The summed E-state index contributed by atoms with van der Waals surface area (Å²) in [4.78, 5) is 19.7. The second-order valence-corrected chi connectivity index (χ2v) is 13.0. The van der Waals surface area contributed by atoms with Crippen molar-refractivity contribution in [1.82, 2.24) is 9.29 Å². The Labute approximate surface area is 244 Å². The molecule has 41 heavy (non-hydrogen) atoms. The van der Waals surface area contributed by atoms with Gasteiger partial charge in [-0.3, -0.25) is 4.79 Å². The number of carbonyl (C=O) groups is 1. The molecule has 3 aliphatic rings. The zero-order valence-corrected chi connectivity index (χ0v) is 24.4. The van der Waals surface area contributed by atoms with E-state index in [4.69, 9.17) is 11.6 Å². The van der Waals surface area contributed by atoms with Crippen LogP contribution in [0.15, 0.2) is 53.6 Å². The molecule has 9 nitrogen and oxygen atoms in total. The Morgan fingerprint density at radius 2 is 2.02 bits per heavy atom. The van der Waals surface area contributed by atoms with E-state index in [0.717, 1.165) is 76.4 Å². The number of carboxylic acids is 1. The molecule has 0 amide bonds. The quantitative estimate of drug-likeness (QED) is 0.156. The maximum Gasteiger partial charge on any atom is 0.304 e. The predicted molar refractivity (Wildman–Crippen MR) is 162 cm³/mol. The van der Waals surface area contributed by atoms with Crippen molar-refractivity contribution in [2.45, 2.75) is 75.4 Å². The molecule has 6 rings (SSSR count). The summed E-state index contributed by atoms with van der Waals surface area (Å²) in [6.07, 6.45) is 5.94. The van der Waals surface area contributed by atoms with Crippen LogP contribution in [-0.4, -0.2) is 50.1 Å². The van der Waals surface area contributed by atoms with Crippen LogP contribution in [-0.2, 0) is 22.7 Å². The molecule has 3 heterocycles. The van der Waals surface area contributed by atoms with Crippen molar-refractivity contribution in [3.05, 3.63) is 76.5 Å². The molecule has 10 heteroatoms. The molecule has 0 spiro atoms. The Morgan fingerprint density at radius 1 is 1.22 bits per heavy atom. The molecule has 0 bridgehead atoms. The number of anilines is 3. The third-order valence-electron chi connectivity index (χ3n) is 8.87. The Morgan fingerprint density at radius 3 is 2.78 bits per heavy atom. The van der Waals surface area contributed by atoms with Crippen molar-refractivity contribution in [2.24, 2.45) is 5.84 Å². The largest absolute Gasteiger partial charge is 0.593 e. The first kappa shape index (κ1) is 27.8. The molecule has 1 saturated carbocycles. The molecule has 2 aromatic carbocycles. The van der Waals surface area contributed by atoms with Crippen molar-refractivity contribution >= 4 is 34.5 Å². The lowest BCUT2D eigenvalue weighted by Gasteiger charge is -2.27. The Balaban J connectivity index is 1.33. The van der Waals surface area contributed by atoms with Gasteiger partial charge in [-0.05, 0) is 79.5 Å². The second kappa shape index (κ2) is 11.2. The Bertz CT molecular complexity index is 1460. The number of carboxylic acid groups (broad SMARTS) is 1. The van der Waals surface area contributed by atoms with Gasteiger partial charge in [0, 0.05) is 36.8 Å². The number of benzene rings is 2. The van der Waals surface area contributed by atoms with Crippen molar-refractivity contribution < 1.29 is 14.5 Å². The summed E-state index contributed by atoms with van der Waals surface area (Å²) in [6.45, 7) is 6.09. The molecular weight excluding hydrogens is 536 g/mol. The second-order valence-electron chi connectivity index (χ2n) is 11.6. The van der Waals surface area contributed by atoms with Gasteiger partial charge in [-0.1, -0.05) is 24.3 Å². The van der Waals surface area contributed by atoms with Crippen molar-refractivity contribution in [2.75, 3.05) is 28.7 Å². The van der Waals surface area contributed by atoms with Gasteiger partial charge < -0.3 is 25.3 Å². The van der Waals surface area contributed by atoms with Crippen LogP contribution in [0, 0.1) is 13.8 Å². The van der Waals surface area contributed by atoms with E-state index in [1.54, 1.807) is 11.2 Å². The van der Waals surface area contributed by atoms with Crippen molar-refractivity contribution in [1.29, 1.82) is 0 Å². The first-order valence-electron chi connectivity index (χ1n) is 14.4. The van der Waals surface area contributed by atoms with Crippen LogP contribution in [0.5, 0.6) is 0 Å². The number of nitrogen functional groups attached to an aromatic ring is 1. The van der Waals surface area contributed by atoms with Crippen LogP contribution in [0.25, 0.3) is 0 Å². The van der Waals surface area contributed by atoms with E-state index in [9.17, 15) is 14.5 Å². The number of pyridine rings is 1. The summed E-state index contributed by atoms with van der Waals surface area (Å²) in [5.74, 6) is 5.88. The highest BCUT2D eigenvalue weighted by Gasteiger charge is 2.40. The molecule has 3 atom stereocenters. The Hall–Kier alpha value is -3.31. The molecule has 3 unspecified atom stereocenters. The molecule has 1 saturated heterocycles. The van der Waals surface area contributed by atoms with Crippen LogP contribution in [0.3, 0.4) is 0 Å².